The largest absolute Gasteiger partial charge is 0.322 e. The molecule has 1 amide bonds. The Balaban J connectivity index is 2.26. The summed E-state index contributed by atoms with van der Waals surface area (Å²) < 4.78 is 25.6. The molecule has 2 rings (SSSR count). The van der Waals surface area contributed by atoms with Crippen molar-refractivity contribution in [3.8, 4) is 0 Å². The number of nitro benzene ring substituents is 1. The molecule has 8 nitrogen and oxygen atoms in total. The van der Waals surface area contributed by atoms with Crippen LogP contribution < -0.4 is 10.0 Å². The molecule has 2 aromatic carbocycles. The quantitative estimate of drug-likeness (QED) is 0.635. The molecule has 0 unspecified atom stereocenters. The predicted molar refractivity (Wildman–Crippen MR) is 82.6 cm³/mol. The Morgan fingerprint density at radius 1 is 1.26 bits per heavy atom. The Morgan fingerprint density at radius 2 is 2.00 bits per heavy atom. The Labute approximate surface area is 132 Å². The number of rotatable bonds is 5. The highest BCUT2D eigenvalue weighted by Gasteiger charge is 2.14. The van der Waals surface area contributed by atoms with Crippen LogP contribution in [0.2, 0.25) is 0 Å². The van der Waals surface area contributed by atoms with Gasteiger partial charge in [-0.1, -0.05) is 6.07 Å². The molecule has 0 aliphatic heterocycles. The molecule has 0 fully saturated rings. The van der Waals surface area contributed by atoms with Crippen LogP contribution in [0, 0.1) is 16.2 Å². The minimum absolute atomic E-state index is 0.0131. The summed E-state index contributed by atoms with van der Waals surface area (Å²) in [5.74, 6) is -0.632. The van der Waals surface area contributed by atoms with Crippen LogP contribution in [0.15, 0.2) is 47.4 Å². The van der Waals surface area contributed by atoms with Gasteiger partial charge in [0.25, 0.3) is 11.6 Å². The van der Waals surface area contributed by atoms with Crippen molar-refractivity contribution in [3.63, 3.8) is 0 Å². The molecule has 0 aliphatic carbocycles. The normalized spacial score (nSPS) is 11.0. The molecule has 0 bridgehead atoms. The number of non-ortho nitro benzene ring substituents is 1. The summed E-state index contributed by atoms with van der Waals surface area (Å²) in [4.78, 5) is 22.2. The number of benzene rings is 2. The van der Waals surface area contributed by atoms with Gasteiger partial charge in [0.15, 0.2) is 0 Å². The van der Waals surface area contributed by atoms with E-state index in [-0.39, 0.29) is 21.8 Å². The lowest BCUT2D eigenvalue weighted by Gasteiger charge is -2.07. The number of nitrogens with one attached hydrogen (secondary N) is 2. The number of carbonyl (C=O) groups is 1. The first-order valence-corrected chi connectivity index (χ1v) is 7.83. The number of anilines is 1. The molecular formula is C14H12N3O5S. The molecular weight excluding hydrogens is 322 g/mol. The van der Waals surface area contributed by atoms with E-state index in [2.05, 4.69) is 16.1 Å². The van der Waals surface area contributed by atoms with Gasteiger partial charge in [0.1, 0.15) is 0 Å². The number of nitro groups is 1. The van der Waals surface area contributed by atoms with Crippen molar-refractivity contribution < 1.29 is 18.1 Å². The average Bonchev–Trinajstić information content (AvgIpc) is 2.55. The van der Waals surface area contributed by atoms with Crippen molar-refractivity contribution in [1.82, 2.24) is 4.72 Å². The van der Waals surface area contributed by atoms with E-state index in [0.717, 1.165) is 6.07 Å². The maximum Gasteiger partial charge on any atom is 0.270 e. The van der Waals surface area contributed by atoms with Gasteiger partial charge < -0.3 is 5.32 Å². The number of nitrogens with zero attached hydrogens (tertiary/aromatic N) is 1. The molecule has 9 heteroatoms. The minimum Gasteiger partial charge on any atom is -0.322 e. The van der Waals surface area contributed by atoms with Crippen molar-refractivity contribution in [1.29, 1.82) is 0 Å². The SMILES string of the molecule is CNS(=O)(=O)c1cccc(NC(=O)c2[c]ccc([N+](=O)[O-])c2)c1. The highest BCUT2D eigenvalue weighted by molar-refractivity contribution is 7.89. The molecule has 0 aromatic heterocycles. The molecule has 0 atom stereocenters. The van der Waals surface area contributed by atoms with E-state index in [9.17, 15) is 23.3 Å². The monoisotopic (exact) mass is 334 g/mol. The van der Waals surface area contributed by atoms with Crippen LogP contribution in [0.25, 0.3) is 0 Å². The molecule has 2 aromatic rings. The maximum atomic E-state index is 12.1. The fourth-order valence-corrected chi connectivity index (χ4v) is 2.53. The lowest BCUT2D eigenvalue weighted by atomic mass is 10.2. The third-order valence-electron chi connectivity index (χ3n) is 2.91. The standard InChI is InChI=1S/C14H12N3O5S/c1-15-23(21,22)13-7-3-5-11(9-13)16-14(18)10-4-2-6-12(8-10)17(19)20/h2-3,5-9,15H,1H3,(H,16,18). The molecule has 0 aliphatic rings. The highest BCUT2D eigenvalue weighted by atomic mass is 32.2. The van der Waals surface area contributed by atoms with Crippen molar-refractivity contribution >= 4 is 27.3 Å². The maximum absolute atomic E-state index is 12.1. The lowest BCUT2D eigenvalue weighted by molar-refractivity contribution is -0.384. The highest BCUT2D eigenvalue weighted by Crippen LogP contribution is 2.17. The topological polar surface area (TPSA) is 118 Å². The third-order valence-corrected chi connectivity index (χ3v) is 4.32. The van der Waals surface area contributed by atoms with E-state index in [1.165, 1.54) is 43.4 Å². The third kappa shape index (κ3) is 3.90. The molecule has 0 saturated carbocycles. The van der Waals surface area contributed by atoms with E-state index in [1.807, 2.05) is 0 Å². The summed E-state index contributed by atoms with van der Waals surface area (Å²) in [7, 11) is -2.36. The van der Waals surface area contributed by atoms with Crippen LogP contribution in [0.5, 0.6) is 0 Å². The zero-order chi connectivity index (χ0) is 17.0. The van der Waals surface area contributed by atoms with Crippen LogP contribution in [0.3, 0.4) is 0 Å². The van der Waals surface area contributed by atoms with Gasteiger partial charge in [-0.15, -0.1) is 0 Å². The van der Waals surface area contributed by atoms with Gasteiger partial charge in [0.2, 0.25) is 10.0 Å². The van der Waals surface area contributed by atoms with Crippen LogP contribution in [0.1, 0.15) is 10.4 Å². The summed E-state index contributed by atoms with van der Waals surface area (Å²) in [6.07, 6.45) is 0. The van der Waals surface area contributed by atoms with E-state index < -0.39 is 20.9 Å². The second-order valence-corrected chi connectivity index (χ2v) is 6.29. The lowest BCUT2D eigenvalue weighted by Crippen LogP contribution is -2.19. The molecule has 2 N–H and O–H groups in total. The summed E-state index contributed by atoms with van der Waals surface area (Å²) in [5, 5.41) is 13.2. The average molecular weight is 334 g/mol. The van der Waals surface area contributed by atoms with Crippen molar-refractivity contribution in [2.24, 2.45) is 0 Å². The number of amides is 1. The summed E-state index contributed by atoms with van der Waals surface area (Å²) in [6.45, 7) is 0. The number of hydrogen-bond acceptors (Lipinski definition) is 5. The summed E-state index contributed by atoms with van der Waals surface area (Å²) in [6, 6.07) is 11.8. The zero-order valence-electron chi connectivity index (χ0n) is 11.9. The van der Waals surface area contributed by atoms with Gasteiger partial charge >= 0.3 is 0 Å². The smallest absolute Gasteiger partial charge is 0.270 e. The second-order valence-electron chi connectivity index (χ2n) is 4.41. The van der Waals surface area contributed by atoms with Crippen LogP contribution in [-0.2, 0) is 10.0 Å². The van der Waals surface area contributed by atoms with Crippen LogP contribution in [0.4, 0.5) is 11.4 Å². The summed E-state index contributed by atoms with van der Waals surface area (Å²) in [5.41, 5.74) is -0.0206. The first-order valence-electron chi connectivity index (χ1n) is 6.34. The van der Waals surface area contributed by atoms with E-state index >= 15 is 0 Å². The van der Waals surface area contributed by atoms with Gasteiger partial charge in [-0.05, 0) is 37.4 Å². The van der Waals surface area contributed by atoms with Crippen molar-refractivity contribution in [2.45, 2.75) is 4.90 Å². The molecule has 0 saturated heterocycles. The predicted octanol–water partition coefficient (Wildman–Crippen LogP) is 1.56. The molecule has 0 heterocycles. The van der Waals surface area contributed by atoms with Gasteiger partial charge in [0, 0.05) is 17.8 Å². The molecule has 23 heavy (non-hydrogen) atoms. The minimum atomic E-state index is -3.64. The first kappa shape index (κ1) is 16.6. The van der Waals surface area contributed by atoms with E-state index in [1.54, 1.807) is 0 Å². The fraction of sp³-hybridized carbons (Fsp3) is 0.0714. The first-order chi connectivity index (χ1) is 10.8. The zero-order valence-corrected chi connectivity index (χ0v) is 12.8. The van der Waals surface area contributed by atoms with E-state index in [0.29, 0.717) is 0 Å². The van der Waals surface area contributed by atoms with Crippen LogP contribution in [-0.4, -0.2) is 26.3 Å². The summed E-state index contributed by atoms with van der Waals surface area (Å²) >= 11 is 0. The van der Waals surface area contributed by atoms with Crippen LogP contribution >= 0.6 is 0 Å². The van der Waals surface area contributed by atoms with Gasteiger partial charge in [0.05, 0.1) is 15.4 Å². The molecule has 0 spiro atoms. The molecule has 1 radical (unpaired) electrons. The number of sulfonamides is 1. The number of carbonyl (C=O) groups excluding carboxylic acids is 1. The van der Waals surface area contributed by atoms with Gasteiger partial charge in [-0.2, -0.15) is 0 Å². The van der Waals surface area contributed by atoms with Gasteiger partial charge in [-0.25, -0.2) is 13.1 Å². The van der Waals surface area contributed by atoms with Gasteiger partial charge in [-0.3, -0.25) is 14.9 Å². The Morgan fingerprint density at radius 3 is 2.65 bits per heavy atom. The Bertz CT molecular complexity index is 864. The van der Waals surface area contributed by atoms with Crippen molar-refractivity contribution in [2.75, 3.05) is 12.4 Å². The van der Waals surface area contributed by atoms with Crippen molar-refractivity contribution in [3.05, 3.63) is 64.2 Å². The van der Waals surface area contributed by atoms with E-state index in [4.69, 9.17) is 0 Å². The molecule has 119 valence electrons. The Hall–Kier alpha value is -2.78. The fourth-order valence-electron chi connectivity index (χ4n) is 1.76. The second kappa shape index (κ2) is 6.55. The Kier molecular flexibility index (Phi) is 4.72. The number of hydrogen-bond donors (Lipinski definition) is 2.